The Kier molecular flexibility index (Phi) is 2.52. The van der Waals surface area contributed by atoms with Gasteiger partial charge in [0.2, 0.25) is 0 Å². The van der Waals surface area contributed by atoms with Crippen LogP contribution in [0.2, 0.25) is 0 Å². The van der Waals surface area contributed by atoms with Gasteiger partial charge in [-0.15, -0.1) is 0 Å². The average Bonchev–Trinajstić information content (AvgIpc) is 2.72. The van der Waals surface area contributed by atoms with Gasteiger partial charge in [-0.1, -0.05) is 12.8 Å². The zero-order valence-corrected chi connectivity index (χ0v) is 9.75. The smallest absolute Gasteiger partial charge is 0.0284 e. The highest BCUT2D eigenvalue weighted by atomic mass is 15.2. The van der Waals surface area contributed by atoms with E-state index < -0.39 is 0 Å². The maximum Gasteiger partial charge on any atom is 0.0284 e. The van der Waals surface area contributed by atoms with Crippen molar-refractivity contribution in [2.75, 3.05) is 13.1 Å². The molecule has 2 saturated carbocycles. The van der Waals surface area contributed by atoms with E-state index >= 15 is 0 Å². The highest BCUT2D eigenvalue weighted by molar-refractivity contribution is 5.03. The zero-order chi connectivity index (χ0) is 10.3. The second kappa shape index (κ2) is 3.74. The predicted molar refractivity (Wildman–Crippen MR) is 62.7 cm³/mol. The number of rotatable bonds is 3. The van der Waals surface area contributed by atoms with Crippen LogP contribution >= 0.6 is 0 Å². The van der Waals surface area contributed by atoms with Gasteiger partial charge in [0.25, 0.3) is 0 Å². The van der Waals surface area contributed by atoms with Gasteiger partial charge in [-0.3, -0.25) is 4.90 Å². The first kappa shape index (κ1) is 10.1. The van der Waals surface area contributed by atoms with E-state index in [1.165, 1.54) is 64.5 Å². The Morgan fingerprint density at radius 2 is 1.80 bits per heavy atom. The molecule has 1 heterocycles. The molecule has 3 fully saturated rings. The summed E-state index contributed by atoms with van der Waals surface area (Å²) in [5.41, 5.74) is 6.47. The van der Waals surface area contributed by atoms with Crippen molar-refractivity contribution in [3.8, 4) is 0 Å². The Labute approximate surface area is 93.2 Å². The lowest BCUT2D eigenvalue weighted by atomic mass is 9.95. The van der Waals surface area contributed by atoms with Crippen molar-refractivity contribution < 1.29 is 0 Å². The Morgan fingerprint density at radius 3 is 2.47 bits per heavy atom. The number of hydrogen-bond donors (Lipinski definition) is 1. The fraction of sp³-hybridized carbons (Fsp3) is 1.00. The lowest BCUT2D eigenvalue weighted by Gasteiger charge is -2.31. The van der Waals surface area contributed by atoms with E-state index in [4.69, 9.17) is 5.73 Å². The van der Waals surface area contributed by atoms with Crippen LogP contribution in [0.1, 0.15) is 51.4 Å². The normalized spacial score (nSPS) is 36.2. The molecule has 2 N–H and O–H groups in total. The van der Waals surface area contributed by atoms with Gasteiger partial charge >= 0.3 is 0 Å². The third-order valence-corrected chi connectivity index (χ3v) is 4.77. The summed E-state index contributed by atoms with van der Waals surface area (Å²) in [5.74, 6) is 1.01. The number of likely N-dealkylation sites (tertiary alicyclic amines) is 1. The molecular formula is C13H24N2. The SMILES string of the molecule is NC1(CN2CCCC2C2CCCC2)CC1. The van der Waals surface area contributed by atoms with Crippen LogP contribution in [0.4, 0.5) is 0 Å². The fourth-order valence-corrected chi connectivity index (χ4v) is 3.65. The van der Waals surface area contributed by atoms with Crippen LogP contribution in [0.3, 0.4) is 0 Å². The van der Waals surface area contributed by atoms with Gasteiger partial charge in [-0.2, -0.15) is 0 Å². The van der Waals surface area contributed by atoms with Crippen LogP contribution in [0.5, 0.6) is 0 Å². The quantitative estimate of drug-likeness (QED) is 0.770. The summed E-state index contributed by atoms with van der Waals surface area (Å²) in [5, 5.41) is 0. The van der Waals surface area contributed by atoms with E-state index in [2.05, 4.69) is 4.90 Å². The molecule has 2 aliphatic carbocycles. The van der Waals surface area contributed by atoms with Crippen molar-refractivity contribution in [1.29, 1.82) is 0 Å². The van der Waals surface area contributed by atoms with Crippen molar-refractivity contribution in [1.82, 2.24) is 4.90 Å². The summed E-state index contributed by atoms with van der Waals surface area (Å²) in [6, 6.07) is 0.897. The van der Waals surface area contributed by atoms with Crippen molar-refractivity contribution in [2.45, 2.75) is 62.9 Å². The molecule has 1 saturated heterocycles. The topological polar surface area (TPSA) is 29.3 Å². The minimum Gasteiger partial charge on any atom is -0.324 e. The molecule has 15 heavy (non-hydrogen) atoms. The largest absolute Gasteiger partial charge is 0.324 e. The van der Waals surface area contributed by atoms with Gasteiger partial charge in [0.1, 0.15) is 0 Å². The molecule has 86 valence electrons. The lowest BCUT2D eigenvalue weighted by molar-refractivity contribution is 0.176. The molecule has 3 aliphatic rings. The van der Waals surface area contributed by atoms with Crippen LogP contribution in [0.15, 0.2) is 0 Å². The maximum atomic E-state index is 6.25. The Morgan fingerprint density at radius 1 is 1.07 bits per heavy atom. The molecule has 2 heteroatoms. The molecule has 0 aromatic heterocycles. The first-order chi connectivity index (χ1) is 7.27. The van der Waals surface area contributed by atoms with Crippen molar-refractivity contribution in [3.05, 3.63) is 0 Å². The first-order valence-corrected chi connectivity index (χ1v) is 6.80. The predicted octanol–water partition coefficient (Wildman–Crippen LogP) is 2.13. The molecule has 0 aromatic rings. The molecule has 0 amide bonds. The van der Waals surface area contributed by atoms with Crippen molar-refractivity contribution in [3.63, 3.8) is 0 Å². The fourth-order valence-electron chi connectivity index (χ4n) is 3.65. The molecule has 0 radical (unpaired) electrons. The second-order valence-corrected chi connectivity index (χ2v) is 6.09. The Bertz CT molecular complexity index is 229. The number of nitrogens with zero attached hydrogens (tertiary/aromatic N) is 1. The summed E-state index contributed by atoms with van der Waals surface area (Å²) in [6.45, 7) is 2.51. The summed E-state index contributed by atoms with van der Waals surface area (Å²) in [4.78, 5) is 2.73. The molecule has 3 rings (SSSR count). The second-order valence-electron chi connectivity index (χ2n) is 6.09. The summed E-state index contributed by atoms with van der Waals surface area (Å²) < 4.78 is 0. The van der Waals surface area contributed by atoms with Crippen LogP contribution in [0.25, 0.3) is 0 Å². The van der Waals surface area contributed by atoms with Gasteiger partial charge in [-0.25, -0.2) is 0 Å². The number of nitrogens with two attached hydrogens (primary N) is 1. The van der Waals surface area contributed by atoms with Gasteiger partial charge in [-0.05, 0) is 51.0 Å². The van der Waals surface area contributed by atoms with Gasteiger partial charge < -0.3 is 5.73 Å². The van der Waals surface area contributed by atoms with Gasteiger partial charge in [0, 0.05) is 18.1 Å². The zero-order valence-electron chi connectivity index (χ0n) is 9.75. The molecule has 0 bridgehead atoms. The van der Waals surface area contributed by atoms with E-state index in [0.717, 1.165) is 12.0 Å². The Hall–Kier alpha value is -0.0800. The number of hydrogen-bond acceptors (Lipinski definition) is 2. The van der Waals surface area contributed by atoms with E-state index in [1.807, 2.05) is 0 Å². The third-order valence-electron chi connectivity index (χ3n) is 4.77. The van der Waals surface area contributed by atoms with Crippen LogP contribution < -0.4 is 5.73 Å². The molecule has 1 unspecified atom stereocenters. The van der Waals surface area contributed by atoms with Gasteiger partial charge in [0.05, 0.1) is 0 Å². The van der Waals surface area contributed by atoms with Crippen molar-refractivity contribution >= 4 is 0 Å². The standard InChI is InChI=1S/C13H24N2/c14-13(7-8-13)10-15-9-3-6-12(15)11-4-1-2-5-11/h11-12H,1-10,14H2. The molecule has 0 spiro atoms. The van der Waals surface area contributed by atoms with E-state index in [0.29, 0.717) is 0 Å². The molecular weight excluding hydrogens is 184 g/mol. The van der Waals surface area contributed by atoms with E-state index in [9.17, 15) is 0 Å². The minimum absolute atomic E-state index is 0.223. The summed E-state index contributed by atoms with van der Waals surface area (Å²) >= 11 is 0. The van der Waals surface area contributed by atoms with E-state index in [-0.39, 0.29) is 5.54 Å². The van der Waals surface area contributed by atoms with E-state index in [1.54, 1.807) is 0 Å². The summed E-state index contributed by atoms with van der Waals surface area (Å²) in [7, 11) is 0. The van der Waals surface area contributed by atoms with Gasteiger partial charge in [0.15, 0.2) is 0 Å². The average molecular weight is 208 g/mol. The van der Waals surface area contributed by atoms with Crippen LogP contribution in [-0.2, 0) is 0 Å². The minimum atomic E-state index is 0.223. The molecule has 0 aromatic carbocycles. The highest BCUT2D eigenvalue weighted by Gasteiger charge is 2.43. The molecule has 1 aliphatic heterocycles. The van der Waals surface area contributed by atoms with Crippen molar-refractivity contribution in [2.24, 2.45) is 11.7 Å². The first-order valence-electron chi connectivity index (χ1n) is 6.80. The maximum absolute atomic E-state index is 6.25. The van der Waals surface area contributed by atoms with Crippen LogP contribution in [0, 0.1) is 5.92 Å². The Balaban J connectivity index is 1.61. The van der Waals surface area contributed by atoms with Crippen LogP contribution in [-0.4, -0.2) is 29.6 Å². The molecule has 1 atom stereocenters. The summed E-state index contributed by atoms with van der Waals surface area (Å²) in [6.07, 6.45) is 11.3. The molecule has 2 nitrogen and oxygen atoms in total. The lowest BCUT2D eigenvalue weighted by Crippen LogP contribution is -2.44. The third kappa shape index (κ3) is 2.07. The highest BCUT2D eigenvalue weighted by Crippen LogP contribution is 2.39. The monoisotopic (exact) mass is 208 g/mol.